The number of halogens is 3. The van der Waals surface area contributed by atoms with Crippen molar-refractivity contribution in [3.63, 3.8) is 0 Å². The summed E-state index contributed by atoms with van der Waals surface area (Å²) in [7, 11) is 1.51. The third kappa shape index (κ3) is 6.31. The molecule has 0 atom stereocenters. The third-order valence-electron chi connectivity index (χ3n) is 4.33. The summed E-state index contributed by atoms with van der Waals surface area (Å²) in [5.74, 6) is 0.151. The van der Waals surface area contributed by atoms with Gasteiger partial charge in [-0.05, 0) is 88.3 Å². The number of rotatable bonds is 7. The lowest BCUT2D eigenvalue weighted by atomic mass is 10.1. The number of carbonyl (C=O) groups is 1. The normalized spacial score (nSPS) is 10.9. The Morgan fingerprint density at radius 3 is 2.50 bits per heavy atom. The minimum Gasteiger partial charge on any atom is -0.493 e. The second-order valence-electron chi connectivity index (χ2n) is 6.58. The van der Waals surface area contributed by atoms with Gasteiger partial charge in [-0.15, -0.1) is 0 Å². The summed E-state index contributed by atoms with van der Waals surface area (Å²) >= 11 is 5.44. The Balaban J connectivity index is 1.80. The molecule has 0 aromatic heterocycles. The lowest BCUT2D eigenvalue weighted by Gasteiger charge is -2.14. The molecule has 0 aliphatic carbocycles. The van der Waals surface area contributed by atoms with E-state index in [-0.39, 0.29) is 18.0 Å². The molecule has 1 amide bonds. The van der Waals surface area contributed by atoms with Crippen LogP contribution in [0.25, 0.3) is 6.08 Å². The minimum absolute atomic E-state index is 0.0502. The number of carbonyl (C=O) groups excluding carboxylic acids is 1. The van der Waals surface area contributed by atoms with Gasteiger partial charge >= 0.3 is 0 Å². The number of amides is 1. The predicted molar refractivity (Wildman–Crippen MR) is 133 cm³/mol. The monoisotopic (exact) mass is 606 g/mol. The number of nitrogens with zero attached hydrogens (tertiary/aromatic N) is 1. The molecule has 5 nitrogen and oxygen atoms in total. The molecule has 0 aliphatic rings. The Kier molecular flexibility index (Phi) is 8.25. The molecule has 162 valence electrons. The van der Waals surface area contributed by atoms with Gasteiger partial charge in [0, 0.05) is 10.2 Å². The highest BCUT2D eigenvalue weighted by Crippen LogP contribution is 2.35. The van der Waals surface area contributed by atoms with Crippen molar-refractivity contribution in [3.8, 4) is 17.6 Å². The van der Waals surface area contributed by atoms with Gasteiger partial charge in [-0.3, -0.25) is 4.79 Å². The van der Waals surface area contributed by atoms with Gasteiger partial charge in [-0.1, -0.05) is 28.1 Å². The van der Waals surface area contributed by atoms with Crippen molar-refractivity contribution >= 4 is 56.2 Å². The first-order valence-electron chi connectivity index (χ1n) is 9.33. The molecule has 0 unspecified atom stereocenters. The van der Waals surface area contributed by atoms with E-state index in [0.29, 0.717) is 22.7 Å². The number of hydrogen-bond donors (Lipinski definition) is 1. The maximum atomic E-state index is 13.1. The molecular weight excluding hydrogens is 590 g/mol. The zero-order valence-corrected chi connectivity index (χ0v) is 20.6. The van der Waals surface area contributed by atoms with Crippen LogP contribution in [0.1, 0.15) is 11.1 Å². The summed E-state index contributed by atoms with van der Waals surface area (Å²) in [5, 5.41) is 12.2. The topological polar surface area (TPSA) is 71.3 Å². The van der Waals surface area contributed by atoms with Gasteiger partial charge in [-0.2, -0.15) is 5.26 Å². The lowest BCUT2D eigenvalue weighted by molar-refractivity contribution is -0.112. The fraction of sp³-hybridized carbons (Fsp3) is 0.0833. The Hall–Kier alpha value is -2.90. The van der Waals surface area contributed by atoms with Crippen molar-refractivity contribution in [2.45, 2.75) is 6.61 Å². The summed E-state index contributed by atoms with van der Waals surface area (Å²) in [6.45, 7) is 0.237. The molecule has 1 N–H and O–H groups in total. The average molecular weight is 607 g/mol. The van der Waals surface area contributed by atoms with Gasteiger partial charge < -0.3 is 14.8 Å². The molecule has 0 radical (unpaired) electrons. The maximum absolute atomic E-state index is 13.1. The van der Waals surface area contributed by atoms with E-state index in [9.17, 15) is 14.4 Å². The highest BCUT2D eigenvalue weighted by atomic mass is 127. The maximum Gasteiger partial charge on any atom is 0.266 e. The Morgan fingerprint density at radius 1 is 1.19 bits per heavy atom. The number of ether oxygens (including phenoxy) is 2. The van der Waals surface area contributed by atoms with E-state index in [1.807, 2.05) is 6.07 Å². The van der Waals surface area contributed by atoms with E-state index >= 15 is 0 Å². The van der Waals surface area contributed by atoms with E-state index in [1.54, 1.807) is 48.5 Å². The first-order valence-corrected chi connectivity index (χ1v) is 11.2. The summed E-state index contributed by atoms with van der Waals surface area (Å²) in [6, 6.07) is 18.5. The molecule has 0 fully saturated rings. The van der Waals surface area contributed by atoms with E-state index < -0.39 is 5.91 Å². The van der Waals surface area contributed by atoms with Crippen LogP contribution in [0.2, 0.25) is 0 Å². The van der Waals surface area contributed by atoms with Crippen molar-refractivity contribution in [1.29, 1.82) is 5.26 Å². The number of nitrogens with one attached hydrogen (secondary N) is 1. The van der Waals surface area contributed by atoms with E-state index in [0.717, 1.165) is 13.6 Å². The molecule has 0 saturated heterocycles. The van der Waals surface area contributed by atoms with E-state index in [1.165, 1.54) is 25.3 Å². The molecule has 0 spiro atoms. The molecule has 3 rings (SSSR count). The number of benzene rings is 3. The molecule has 0 saturated carbocycles. The second kappa shape index (κ2) is 11.1. The van der Waals surface area contributed by atoms with Crippen molar-refractivity contribution in [2.24, 2.45) is 0 Å². The van der Waals surface area contributed by atoms with E-state index in [4.69, 9.17) is 9.47 Å². The Labute approximate surface area is 207 Å². The first-order chi connectivity index (χ1) is 15.4. The van der Waals surface area contributed by atoms with Crippen LogP contribution in [0.5, 0.6) is 11.5 Å². The first kappa shape index (κ1) is 23.8. The fourth-order valence-electron chi connectivity index (χ4n) is 2.75. The van der Waals surface area contributed by atoms with Crippen LogP contribution < -0.4 is 14.8 Å². The molecule has 32 heavy (non-hydrogen) atoms. The molecule has 8 heteroatoms. The third-order valence-corrected chi connectivity index (χ3v) is 5.66. The van der Waals surface area contributed by atoms with Crippen molar-refractivity contribution < 1.29 is 18.7 Å². The highest BCUT2D eigenvalue weighted by molar-refractivity contribution is 14.1. The van der Waals surface area contributed by atoms with Crippen molar-refractivity contribution in [1.82, 2.24) is 0 Å². The van der Waals surface area contributed by atoms with E-state index in [2.05, 4.69) is 43.8 Å². The van der Waals surface area contributed by atoms with Gasteiger partial charge in [0.25, 0.3) is 5.91 Å². The van der Waals surface area contributed by atoms with Gasteiger partial charge in [0.2, 0.25) is 0 Å². The van der Waals surface area contributed by atoms with Gasteiger partial charge in [0.15, 0.2) is 11.5 Å². The molecular formula is C24H17BrFIN2O3. The predicted octanol–water partition coefficient (Wildman–Crippen LogP) is 6.33. The lowest BCUT2D eigenvalue weighted by Crippen LogP contribution is -2.13. The van der Waals surface area contributed by atoms with Gasteiger partial charge in [0.1, 0.15) is 24.1 Å². The second-order valence-corrected chi connectivity index (χ2v) is 8.66. The quantitative estimate of drug-likeness (QED) is 0.194. The molecule has 3 aromatic rings. The molecule has 3 aromatic carbocycles. The molecule has 0 aliphatic heterocycles. The largest absolute Gasteiger partial charge is 0.493 e. The number of hydrogen-bond acceptors (Lipinski definition) is 4. The van der Waals surface area contributed by atoms with Crippen LogP contribution in [0.3, 0.4) is 0 Å². The zero-order chi connectivity index (χ0) is 23.1. The smallest absolute Gasteiger partial charge is 0.266 e. The Morgan fingerprint density at radius 2 is 1.88 bits per heavy atom. The van der Waals surface area contributed by atoms with Crippen LogP contribution in [-0.2, 0) is 11.4 Å². The highest BCUT2D eigenvalue weighted by Gasteiger charge is 2.14. The summed E-state index contributed by atoms with van der Waals surface area (Å²) in [4.78, 5) is 12.5. The van der Waals surface area contributed by atoms with Gasteiger partial charge in [0.05, 0.1) is 10.7 Å². The Bertz CT molecular complexity index is 1190. The fourth-order valence-corrected chi connectivity index (χ4v) is 3.79. The van der Waals surface area contributed by atoms with Crippen LogP contribution in [0.4, 0.5) is 10.1 Å². The number of methoxy groups -OCH3 is 1. The summed E-state index contributed by atoms with van der Waals surface area (Å²) in [5.41, 5.74) is 1.95. The standard InChI is InChI=1S/C24H17BrFIN2O3/c1-31-22-12-16(10-17(13-28)24(30)29-20-8-4-18(25)5-9-20)11-21(27)23(22)32-14-15-2-6-19(26)7-3-15/h2-12H,14H2,1H3,(H,29,30)/b17-10-. The average Bonchev–Trinajstić information content (AvgIpc) is 2.79. The minimum atomic E-state index is -0.513. The van der Waals surface area contributed by atoms with Crippen LogP contribution >= 0.6 is 38.5 Å². The van der Waals surface area contributed by atoms with Crippen LogP contribution in [-0.4, -0.2) is 13.0 Å². The van der Waals surface area contributed by atoms with Gasteiger partial charge in [-0.25, -0.2) is 4.39 Å². The number of anilines is 1. The van der Waals surface area contributed by atoms with Crippen molar-refractivity contribution in [3.05, 3.63) is 91.2 Å². The zero-order valence-electron chi connectivity index (χ0n) is 16.9. The van der Waals surface area contributed by atoms with Crippen molar-refractivity contribution in [2.75, 3.05) is 12.4 Å². The molecule has 0 bridgehead atoms. The SMILES string of the molecule is COc1cc(/C=C(/C#N)C(=O)Nc2ccc(Br)cc2)cc(I)c1OCc1ccc(F)cc1. The number of nitriles is 1. The molecule has 0 heterocycles. The summed E-state index contributed by atoms with van der Waals surface area (Å²) in [6.07, 6.45) is 1.49. The summed E-state index contributed by atoms with van der Waals surface area (Å²) < 4.78 is 26.0. The van der Waals surface area contributed by atoms with Crippen LogP contribution in [0, 0.1) is 20.7 Å². The van der Waals surface area contributed by atoms with Crippen LogP contribution in [0.15, 0.2) is 70.7 Å².